The summed E-state index contributed by atoms with van der Waals surface area (Å²) in [5.41, 5.74) is 1.75. The maximum Gasteiger partial charge on any atom is 0.416 e. The third kappa shape index (κ3) is 7.73. The lowest BCUT2D eigenvalue weighted by molar-refractivity contribution is -0.137. The molecule has 8 heteroatoms. The van der Waals surface area contributed by atoms with Gasteiger partial charge in [0.25, 0.3) is 0 Å². The van der Waals surface area contributed by atoms with Crippen molar-refractivity contribution in [3.63, 3.8) is 0 Å². The molecule has 0 aliphatic carbocycles. The van der Waals surface area contributed by atoms with Gasteiger partial charge in [0.2, 0.25) is 5.91 Å². The van der Waals surface area contributed by atoms with Crippen LogP contribution >= 0.6 is 0 Å². The van der Waals surface area contributed by atoms with Crippen molar-refractivity contribution in [1.29, 1.82) is 0 Å². The Morgan fingerprint density at radius 2 is 1.59 bits per heavy atom. The van der Waals surface area contributed by atoms with Gasteiger partial charge in [0, 0.05) is 13.1 Å². The highest BCUT2D eigenvalue weighted by Gasteiger charge is 2.30. The van der Waals surface area contributed by atoms with Crippen LogP contribution < -0.4 is 20.1 Å². The van der Waals surface area contributed by atoms with Crippen LogP contribution in [0.15, 0.2) is 72.8 Å². The maximum atomic E-state index is 13.0. The number of carbonyl (C=O) groups excluding carboxylic acids is 1. The molecule has 0 radical (unpaired) electrons. The van der Waals surface area contributed by atoms with E-state index in [0.29, 0.717) is 24.3 Å². The van der Waals surface area contributed by atoms with Crippen LogP contribution in [-0.2, 0) is 17.4 Å². The highest BCUT2D eigenvalue weighted by Crippen LogP contribution is 2.34. The molecule has 5 nitrogen and oxygen atoms in total. The van der Waals surface area contributed by atoms with Gasteiger partial charge in [-0.25, -0.2) is 0 Å². The van der Waals surface area contributed by atoms with Crippen molar-refractivity contribution in [2.75, 3.05) is 14.2 Å². The molecule has 2 N–H and O–H groups in total. The fraction of sp³-hybridized carbons (Fsp3) is 0.345. The fourth-order valence-corrected chi connectivity index (χ4v) is 4.08. The van der Waals surface area contributed by atoms with Crippen molar-refractivity contribution in [2.45, 2.75) is 51.1 Å². The Labute approximate surface area is 216 Å². The summed E-state index contributed by atoms with van der Waals surface area (Å²) in [4.78, 5) is 12.9. The maximum absolute atomic E-state index is 13.0. The van der Waals surface area contributed by atoms with Crippen LogP contribution in [0.2, 0.25) is 0 Å². The number of methoxy groups -OCH3 is 1. The van der Waals surface area contributed by atoms with E-state index in [1.807, 2.05) is 62.4 Å². The topological polar surface area (TPSA) is 59.6 Å². The summed E-state index contributed by atoms with van der Waals surface area (Å²) in [7, 11) is 3.15. The number of benzene rings is 3. The Hall–Kier alpha value is -3.52. The summed E-state index contributed by atoms with van der Waals surface area (Å²) in [6.45, 7) is 3.85. The minimum Gasteiger partial charge on any atom is -0.493 e. The second-order valence-electron chi connectivity index (χ2n) is 8.99. The first-order valence-electron chi connectivity index (χ1n) is 12.2. The largest absolute Gasteiger partial charge is 0.493 e. The first-order valence-corrected chi connectivity index (χ1v) is 12.2. The molecule has 2 atom stereocenters. The van der Waals surface area contributed by atoms with E-state index >= 15 is 0 Å². The van der Waals surface area contributed by atoms with E-state index in [9.17, 15) is 18.0 Å². The van der Waals surface area contributed by atoms with E-state index in [4.69, 9.17) is 9.47 Å². The third-order valence-corrected chi connectivity index (χ3v) is 5.97. The van der Waals surface area contributed by atoms with Crippen molar-refractivity contribution in [3.05, 3.63) is 95.1 Å². The van der Waals surface area contributed by atoms with Gasteiger partial charge >= 0.3 is 6.18 Å². The van der Waals surface area contributed by atoms with Crippen LogP contribution in [-0.4, -0.2) is 26.2 Å². The summed E-state index contributed by atoms with van der Waals surface area (Å²) in [5, 5.41) is 6.18. The quantitative estimate of drug-likeness (QED) is 0.318. The van der Waals surface area contributed by atoms with E-state index in [0.717, 1.165) is 28.8 Å². The lowest BCUT2D eigenvalue weighted by Gasteiger charge is -2.27. The third-order valence-electron chi connectivity index (χ3n) is 5.97. The van der Waals surface area contributed by atoms with E-state index in [2.05, 4.69) is 10.6 Å². The zero-order valence-corrected chi connectivity index (χ0v) is 21.4. The Balaban J connectivity index is 1.93. The highest BCUT2D eigenvalue weighted by molar-refractivity contribution is 5.83. The van der Waals surface area contributed by atoms with Gasteiger partial charge in [-0.1, -0.05) is 48.5 Å². The van der Waals surface area contributed by atoms with Crippen LogP contribution in [0.4, 0.5) is 13.2 Å². The number of hydrogen-bond donors (Lipinski definition) is 2. The number of halogens is 3. The summed E-state index contributed by atoms with van der Waals surface area (Å²) >= 11 is 0. The molecule has 0 aliphatic rings. The molecule has 37 heavy (non-hydrogen) atoms. The van der Waals surface area contributed by atoms with Crippen LogP contribution in [0.3, 0.4) is 0 Å². The molecule has 0 fully saturated rings. The predicted molar refractivity (Wildman–Crippen MR) is 138 cm³/mol. The number of likely N-dealkylation sites (N-methyl/N-ethyl adjacent to an activating group) is 1. The summed E-state index contributed by atoms with van der Waals surface area (Å²) in [5.74, 6) is 0.967. The molecule has 0 unspecified atom stereocenters. The van der Waals surface area contributed by atoms with Gasteiger partial charge < -0.3 is 14.8 Å². The second kappa shape index (κ2) is 12.6. The van der Waals surface area contributed by atoms with Crippen LogP contribution in [0.1, 0.15) is 54.6 Å². The Bertz CT molecular complexity index is 1150. The highest BCUT2D eigenvalue weighted by atomic mass is 19.4. The number of aryl methyl sites for hydroxylation is 1. The molecule has 198 valence electrons. The molecule has 0 heterocycles. The molecule has 0 saturated heterocycles. The number of amides is 1. The monoisotopic (exact) mass is 514 g/mol. The van der Waals surface area contributed by atoms with Crippen LogP contribution in [0, 0.1) is 0 Å². The molecule has 1 amide bonds. The predicted octanol–water partition coefficient (Wildman–Crippen LogP) is 6.25. The standard InChI is InChI=1S/C29H33F3N2O3/c1-19(2)37-25-17-13-22(18-26(25)36-4)24(16-12-20-10-14-23(15-11-20)29(30,31)32)34-27(28(35)33-3)21-8-6-5-7-9-21/h5-11,13-15,17-19,24,27,34H,12,16H2,1-4H3,(H,33,35)/t24-,27+/m0/s1. The molecule has 0 spiro atoms. The number of rotatable bonds is 11. The Morgan fingerprint density at radius 3 is 2.16 bits per heavy atom. The van der Waals surface area contributed by atoms with E-state index < -0.39 is 17.8 Å². The average Bonchev–Trinajstić information content (AvgIpc) is 2.88. The van der Waals surface area contributed by atoms with Gasteiger partial charge in [0.1, 0.15) is 6.04 Å². The number of hydrogen-bond acceptors (Lipinski definition) is 4. The number of alkyl halides is 3. The zero-order chi connectivity index (χ0) is 27.0. The van der Waals surface area contributed by atoms with E-state index in [1.54, 1.807) is 14.2 Å². The van der Waals surface area contributed by atoms with Gasteiger partial charge in [0.05, 0.1) is 18.8 Å². The van der Waals surface area contributed by atoms with Gasteiger partial charge in [-0.2, -0.15) is 13.2 Å². The van der Waals surface area contributed by atoms with Crippen molar-refractivity contribution in [1.82, 2.24) is 10.6 Å². The Morgan fingerprint density at radius 1 is 0.919 bits per heavy atom. The molecule has 0 aliphatic heterocycles. The van der Waals surface area contributed by atoms with Crippen molar-refractivity contribution >= 4 is 5.91 Å². The average molecular weight is 515 g/mol. The SMILES string of the molecule is CNC(=O)[C@H](N[C@@H](CCc1ccc(C(F)(F)F)cc1)c1ccc(OC(C)C)c(OC)c1)c1ccccc1. The van der Waals surface area contributed by atoms with Gasteiger partial charge in [-0.05, 0) is 67.6 Å². The number of ether oxygens (including phenoxy) is 2. The van der Waals surface area contributed by atoms with E-state index in [1.165, 1.54) is 12.1 Å². The summed E-state index contributed by atoms with van der Waals surface area (Å²) in [6.07, 6.45) is -3.39. The lowest BCUT2D eigenvalue weighted by atomic mass is 9.95. The van der Waals surface area contributed by atoms with Crippen molar-refractivity contribution in [2.24, 2.45) is 0 Å². The number of nitrogens with one attached hydrogen (secondary N) is 2. The molecule has 3 rings (SSSR count). The minimum atomic E-state index is -4.38. The smallest absolute Gasteiger partial charge is 0.416 e. The molecule has 0 bridgehead atoms. The molecular weight excluding hydrogens is 481 g/mol. The normalized spacial score (nSPS) is 13.2. The summed E-state index contributed by atoms with van der Waals surface area (Å²) in [6, 6.07) is 19.2. The molecule has 3 aromatic carbocycles. The molecule has 0 saturated carbocycles. The fourth-order valence-electron chi connectivity index (χ4n) is 4.08. The first kappa shape index (κ1) is 28.1. The van der Waals surface area contributed by atoms with Gasteiger partial charge in [-0.15, -0.1) is 0 Å². The lowest BCUT2D eigenvalue weighted by Crippen LogP contribution is -2.38. The molecule has 0 aromatic heterocycles. The van der Waals surface area contributed by atoms with Gasteiger partial charge in [-0.3, -0.25) is 10.1 Å². The zero-order valence-electron chi connectivity index (χ0n) is 21.4. The van der Waals surface area contributed by atoms with Crippen LogP contribution in [0.5, 0.6) is 11.5 Å². The van der Waals surface area contributed by atoms with Crippen molar-refractivity contribution in [3.8, 4) is 11.5 Å². The second-order valence-corrected chi connectivity index (χ2v) is 8.99. The number of carbonyl (C=O) groups is 1. The first-order chi connectivity index (χ1) is 17.6. The Kier molecular flexibility index (Phi) is 9.58. The summed E-state index contributed by atoms with van der Waals surface area (Å²) < 4.78 is 50.4. The van der Waals surface area contributed by atoms with Crippen LogP contribution in [0.25, 0.3) is 0 Å². The van der Waals surface area contributed by atoms with E-state index in [-0.39, 0.29) is 18.1 Å². The van der Waals surface area contributed by atoms with Gasteiger partial charge in [0.15, 0.2) is 11.5 Å². The minimum absolute atomic E-state index is 0.0379. The van der Waals surface area contributed by atoms with Crippen molar-refractivity contribution < 1.29 is 27.4 Å². The molecular formula is C29H33F3N2O3. The molecule has 3 aromatic rings.